The van der Waals surface area contributed by atoms with E-state index in [4.69, 9.17) is 21.1 Å². The van der Waals surface area contributed by atoms with Gasteiger partial charge in [-0.25, -0.2) is 9.69 Å². The van der Waals surface area contributed by atoms with Crippen molar-refractivity contribution in [2.24, 2.45) is 0 Å². The van der Waals surface area contributed by atoms with Crippen LogP contribution in [-0.2, 0) is 9.59 Å². The zero-order chi connectivity index (χ0) is 22.5. The Morgan fingerprint density at radius 3 is 2.58 bits per heavy atom. The number of imide groups is 2. The second-order valence-electron chi connectivity index (χ2n) is 7.00. The average Bonchev–Trinajstić information content (AvgIpc) is 2.74. The molecule has 1 fully saturated rings. The molecule has 162 valence electrons. The maximum Gasteiger partial charge on any atom is 0.335 e. The summed E-state index contributed by atoms with van der Waals surface area (Å²) in [6, 6.07) is 9.13. The molecule has 1 saturated heterocycles. The number of aryl methyl sites for hydroxylation is 1. The Hall–Kier alpha value is -3.32. The highest BCUT2D eigenvalue weighted by Crippen LogP contribution is 2.31. The summed E-state index contributed by atoms with van der Waals surface area (Å²) in [7, 11) is 1.51. The van der Waals surface area contributed by atoms with Gasteiger partial charge in [-0.15, -0.1) is 0 Å². The summed E-state index contributed by atoms with van der Waals surface area (Å²) in [5.41, 5.74) is 1.35. The second kappa shape index (κ2) is 9.66. The molecule has 0 unspecified atom stereocenters. The van der Waals surface area contributed by atoms with Crippen LogP contribution < -0.4 is 19.7 Å². The van der Waals surface area contributed by atoms with E-state index in [0.717, 1.165) is 17.7 Å². The molecule has 1 heterocycles. The standard InChI is InChI=1S/C23H23ClN2O5/c1-4-5-10-31-19-9-7-15(12-20(19)30-3)11-17-21(27)25-23(29)26(22(17)28)18-13-16(24)8-6-14(18)2/h6-9,11-13H,4-5,10H2,1-3H3,(H,25,27,29)/b17-11+. The number of rotatable bonds is 7. The van der Waals surface area contributed by atoms with Gasteiger partial charge in [0.05, 0.1) is 19.4 Å². The largest absolute Gasteiger partial charge is 0.493 e. The minimum absolute atomic E-state index is 0.180. The summed E-state index contributed by atoms with van der Waals surface area (Å²) in [5, 5.41) is 2.58. The van der Waals surface area contributed by atoms with Gasteiger partial charge in [0.25, 0.3) is 11.8 Å². The maximum atomic E-state index is 13.1. The fourth-order valence-electron chi connectivity index (χ4n) is 3.09. The van der Waals surface area contributed by atoms with Crippen molar-refractivity contribution in [1.82, 2.24) is 5.32 Å². The van der Waals surface area contributed by atoms with Crippen LogP contribution in [0.1, 0.15) is 30.9 Å². The first-order valence-electron chi connectivity index (χ1n) is 9.84. The normalized spacial score (nSPS) is 15.3. The van der Waals surface area contributed by atoms with Crippen LogP contribution in [-0.4, -0.2) is 31.6 Å². The lowest BCUT2D eigenvalue weighted by Crippen LogP contribution is -2.54. The number of methoxy groups -OCH3 is 1. The minimum Gasteiger partial charge on any atom is -0.493 e. The summed E-state index contributed by atoms with van der Waals surface area (Å²) in [5.74, 6) is -0.453. The van der Waals surface area contributed by atoms with Gasteiger partial charge in [0, 0.05) is 5.02 Å². The third-order valence-corrected chi connectivity index (χ3v) is 5.00. The number of benzene rings is 2. The monoisotopic (exact) mass is 442 g/mol. The second-order valence-corrected chi connectivity index (χ2v) is 7.44. The number of ether oxygens (including phenoxy) is 2. The first-order chi connectivity index (χ1) is 14.8. The highest BCUT2D eigenvalue weighted by atomic mass is 35.5. The van der Waals surface area contributed by atoms with Crippen LogP contribution in [0.15, 0.2) is 42.0 Å². The molecular formula is C23H23ClN2O5. The summed E-state index contributed by atoms with van der Waals surface area (Å²) in [4.78, 5) is 38.8. The van der Waals surface area contributed by atoms with Gasteiger partial charge in [-0.1, -0.05) is 37.1 Å². The predicted molar refractivity (Wildman–Crippen MR) is 119 cm³/mol. The number of carbonyl (C=O) groups is 3. The zero-order valence-corrected chi connectivity index (χ0v) is 18.3. The number of carbonyl (C=O) groups excluding carboxylic acids is 3. The smallest absolute Gasteiger partial charge is 0.335 e. The van der Waals surface area contributed by atoms with E-state index in [1.807, 2.05) is 0 Å². The Balaban J connectivity index is 1.95. The van der Waals surface area contributed by atoms with Crippen LogP contribution in [0.25, 0.3) is 6.08 Å². The fourth-order valence-corrected chi connectivity index (χ4v) is 3.25. The van der Waals surface area contributed by atoms with E-state index in [0.29, 0.717) is 39.9 Å². The average molecular weight is 443 g/mol. The van der Waals surface area contributed by atoms with Crippen LogP contribution >= 0.6 is 11.6 Å². The van der Waals surface area contributed by atoms with Gasteiger partial charge < -0.3 is 9.47 Å². The van der Waals surface area contributed by atoms with Crippen LogP contribution in [0.2, 0.25) is 5.02 Å². The first kappa shape index (κ1) is 22.4. The molecule has 0 saturated carbocycles. The van der Waals surface area contributed by atoms with E-state index in [-0.39, 0.29) is 5.57 Å². The Kier molecular flexibility index (Phi) is 6.97. The molecule has 0 spiro atoms. The van der Waals surface area contributed by atoms with Gasteiger partial charge >= 0.3 is 6.03 Å². The van der Waals surface area contributed by atoms with Gasteiger partial charge in [0.2, 0.25) is 0 Å². The third-order valence-electron chi connectivity index (χ3n) is 4.77. The number of halogens is 1. The molecule has 1 aliphatic rings. The Morgan fingerprint density at radius 2 is 1.87 bits per heavy atom. The topological polar surface area (TPSA) is 84.9 Å². The van der Waals surface area contributed by atoms with Crippen molar-refractivity contribution in [3.63, 3.8) is 0 Å². The summed E-state index contributed by atoms with van der Waals surface area (Å²) in [6.07, 6.45) is 3.33. The Labute approximate surface area is 185 Å². The molecule has 8 heteroatoms. The molecular weight excluding hydrogens is 420 g/mol. The molecule has 0 radical (unpaired) electrons. The molecule has 2 aromatic carbocycles. The van der Waals surface area contributed by atoms with Crippen LogP contribution in [0, 0.1) is 6.92 Å². The quantitative estimate of drug-likeness (QED) is 0.387. The number of hydrogen-bond acceptors (Lipinski definition) is 5. The number of hydrogen-bond donors (Lipinski definition) is 1. The Morgan fingerprint density at radius 1 is 1.10 bits per heavy atom. The number of unbranched alkanes of at least 4 members (excludes halogenated alkanes) is 1. The van der Waals surface area contributed by atoms with Crippen molar-refractivity contribution >= 4 is 41.2 Å². The lowest BCUT2D eigenvalue weighted by Gasteiger charge is -2.27. The number of nitrogens with zero attached hydrogens (tertiary/aromatic N) is 1. The van der Waals surface area contributed by atoms with Crippen molar-refractivity contribution in [3.8, 4) is 11.5 Å². The van der Waals surface area contributed by atoms with Gasteiger partial charge in [0.15, 0.2) is 11.5 Å². The van der Waals surface area contributed by atoms with Crippen molar-refractivity contribution in [3.05, 3.63) is 58.1 Å². The zero-order valence-electron chi connectivity index (χ0n) is 17.5. The molecule has 31 heavy (non-hydrogen) atoms. The van der Waals surface area contributed by atoms with E-state index in [1.165, 1.54) is 19.3 Å². The molecule has 3 rings (SSSR count). The third kappa shape index (κ3) is 4.88. The molecule has 0 aromatic heterocycles. The number of anilines is 1. The van der Waals surface area contributed by atoms with E-state index >= 15 is 0 Å². The number of barbiturate groups is 1. The lowest BCUT2D eigenvalue weighted by atomic mass is 10.1. The summed E-state index contributed by atoms with van der Waals surface area (Å²) in [6.45, 7) is 4.37. The number of amides is 4. The molecule has 7 nitrogen and oxygen atoms in total. The van der Waals surface area contributed by atoms with Crippen LogP contribution in [0.3, 0.4) is 0 Å². The SMILES string of the molecule is CCCCOc1ccc(/C=C2\C(=O)NC(=O)N(c3cc(Cl)ccc3C)C2=O)cc1OC. The van der Waals surface area contributed by atoms with Crippen LogP contribution in [0.4, 0.5) is 10.5 Å². The molecule has 1 N–H and O–H groups in total. The van der Waals surface area contributed by atoms with Gasteiger partial charge in [-0.2, -0.15) is 0 Å². The van der Waals surface area contributed by atoms with Crippen molar-refractivity contribution in [1.29, 1.82) is 0 Å². The molecule has 2 aromatic rings. The van der Waals surface area contributed by atoms with E-state index < -0.39 is 17.8 Å². The van der Waals surface area contributed by atoms with Crippen molar-refractivity contribution in [2.45, 2.75) is 26.7 Å². The van der Waals surface area contributed by atoms with E-state index in [1.54, 1.807) is 37.3 Å². The van der Waals surface area contributed by atoms with Crippen molar-refractivity contribution in [2.75, 3.05) is 18.6 Å². The molecule has 0 aliphatic carbocycles. The molecule has 0 atom stereocenters. The lowest BCUT2D eigenvalue weighted by molar-refractivity contribution is -0.122. The summed E-state index contributed by atoms with van der Waals surface area (Å²) < 4.78 is 11.1. The van der Waals surface area contributed by atoms with Gasteiger partial charge in [0.1, 0.15) is 5.57 Å². The minimum atomic E-state index is -0.824. The molecule has 1 aliphatic heterocycles. The highest BCUT2D eigenvalue weighted by molar-refractivity contribution is 6.39. The van der Waals surface area contributed by atoms with E-state index in [2.05, 4.69) is 12.2 Å². The van der Waals surface area contributed by atoms with Crippen LogP contribution in [0.5, 0.6) is 11.5 Å². The number of nitrogens with one attached hydrogen (secondary N) is 1. The predicted octanol–water partition coefficient (Wildman–Crippen LogP) is 4.50. The summed E-state index contributed by atoms with van der Waals surface area (Å²) >= 11 is 6.04. The molecule has 0 bridgehead atoms. The number of urea groups is 1. The Bertz CT molecular complexity index is 1060. The van der Waals surface area contributed by atoms with E-state index in [9.17, 15) is 14.4 Å². The fraction of sp³-hybridized carbons (Fsp3) is 0.261. The first-order valence-corrected chi connectivity index (χ1v) is 10.2. The highest BCUT2D eigenvalue weighted by Gasteiger charge is 2.37. The van der Waals surface area contributed by atoms with Crippen molar-refractivity contribution < 1.29 is 23.9 Å². The van der Waals surface area contributed by atoms with Gasteiger partial charge in [-0.3, -0.25) is 14.9 Å². The van der Waals surface area contributed by atoms with Gasteiger partial charge in [-0.05, 0) is 54.8 Å². The maximum absolute atomic E-state index is 13.1. The molecule has 4 amide bonds.